The molecule has 2 N–H and O–H groups in total. The fraction of sp³-hybridized carbons (Fsp3) is 0.500. The van der Waals surface area contributed by atoms with Crippen molar-refractivity contribution in [2.45, 2.75) is 13.0 Å². The lowest BCUT2D eigenvalue weighted by atomic mass is 10.3. The summed E-state index contributed by atoms with van der Waals surface area (Å²) in [6, 6.07) is 1.17. The Hall–Kier alpha value is -2.25. The Morgan fingerprint density at radius 1 is 1.67 bits per heavy atom. The number of nitrogens with zero attached hydrogens (tertiary/aromatic N) is 2. The molecule has 1 atom stereocenters. The van der Waals surface area contributed by atoms with Crippen molar-refractivity contribution < 1.29 is 18.8 Å². The van der Waals surface area contributed by atoms with Crippen LogP contribution in [0.15, 0.2) is 10.6 Å². The molecule has 0 unspecified atom stereocenters. The number of anilines is 1. The molecule has 2 rings (SSSR count). The van der Waals surface area contributed by atoms with E-state index in [1.807, 2.05) is 0 Å². The highest BCUT2D eigenvalue weighted by Crippen LogP contribution is 2.09. The zero-order valence-electron chi connectivity index (χ0n) is 10.1. The molecule has 8 nitrogen and oxygen atoms in total. The van der Waals surface area contributed by atoms with E-state index in [-0.39, 0.29) is 24.6 Å². The molecule has 0 spiro atoms. The topological polar surface area (TPSA) is 96.7 Å². The summed E-state index contributed by atoms with van der Waals surface area (Å²) < 4.78 is 9.81. The lowest BCUT2D eigenvalue weighted by Crippen LogP contribution is -2.36. The molecule has 1 aliphatic heterocycles. The summed E-state index contributed by atoms with van der Waals surface area (Å²) in [6.45, 7) is 2.45. The van der Waals surface area contributed by atoms with Crippen molar-refractivity contribution in [3.05, 3.63) is 11.8 Å². The van der Waals surface area contributed by atoms with Crippen LogP contribution in [0.4, 0.5) is 15.5 Å². The van der Waals surface area contributed by atoms with Crippen molar-refractivity contribution >= 4 is 18.0 Å². The molecule has 3 amide bonds. The fourth-order valence-corrected chi connectivity index (χ4v) is 1.54. The fourth-order valence-electron chi connectivity index (χ4n) is 1.54. The van der Waals surface area contributed by atoms with E-state index >= 15 is 0 Å². The predicted octanol–water partition coefficient (Wildman–Crippen LogP) is 0.555. The van der Waals surface area contributed by atoms with Crippen molar-refractivity contribution in [1.82, 2.24) is 15.4 Å². The number of carbonyl (C=O) groups excluding carboxylic acids is 2. The Labute approximate surface area is 103 Å². The number of aromatic nitrogens is 1. The largest absolute Gasteiger partial charge is 0.442 e. The molecular weight excluding hydrogens is 240 g/mol. The number of nitrogens with one attached hydrogen (secondary N) is 2. The molecule has 1 aromatic heterocycles. The van der Waals surface area contributed by atoms with E-state index in [1.54, 1.807) is 20.0 Å². The van der Waals surface area contributed by atoms with E-state index in [2.05, 4.69) is 15.8 Å². The Balaban J connectivity index is 1.74. The monoisotopic (exact) mass is 254 g/mol. The van der Waals surface area contributed by atoms with Crippen molar-refractivity contribution in [1.29, 1.82) is 0 Å². The van der Waals surface area contributed by atoms with Gasteiger partial charge in [0, 0.05) is 13.1 Å². The van der Waals surface area contributed by atoms with Gasteiger partial charge in [-0.2, -0.15) is 0 Å². The first-order valence-electron chi connectivity index (χ1n) is 5.44. The van der Waals surface area contributed by atoms with E-state index in [4.69, 9.17) is 9.26 Å². The van der Waals surface area contributed by atoms with Crippen LogP contribution in [0.25, 0.3) is 0 Å². The summed E-state index contributed by atoms with van der Waals surface area (Å²) >= 11 is 0. The zero-order chi connectivity index (χ0) is 13.1. The predicted molar refractivity (Wildman–Crippen MR) is 61.2 cm³/mol. The Morgan fingerprint density at radius 2 is 2.44 bits per heavy atom. The lowest BCUT2D eigenvalue weighted by Gasteiger charge is -2.09. The van der Waals surface area contributed by atoms with E-state index in [0.29, 0.717) is 12.2 Å². The Bertz CT molecular complexity index is 458. The first kappa shape index (κ1) is 12.2. The highest BCUT2D eigenvalue weighted by atomic mass is 16.6. The standard InChI is InChI=1S/C10H14N4O4/c1-6-3-8(18-13-6)12-9(15)11-4-7-5-14(2)10(16)17-7/h3,7H,4-5H2,1-2H3,(H2,11,12,15)/t7-/m1/s1. The van der Waals surface area contributed by atoms with Crippen LogP contribution in [0.1, 0.15) is 5.69 Å². The first-order valence-corrected chi connectivity index (χ1v) is 5.44. The van der Waals surface area contributed by atoms with Crippen molar-refractivity contribution in [3.63, 3.8) is 0 Å². The van der Waals surface area contributed by atoms with Gasteiger partial charge in [0.25, 0.3) is 0 Å². The normalized spacial score (nSPS) is 18.7. The number of amides is 3. The van der Waals surface area contributed by atoms with Crippen LogP contribution in [-0.2, 0) is 4.74 Å². The second-order valence-corrected chi connectivity index (χ2v) is 4.05. The molecule has 1 aromatic rings. The zero-order valence-corrected chi connectivity index (χ0v) is 10.1. The molecule has 0 radical (unpaired) electrons. The third-order valence-electron chi connectivity index (χ3n) is 2.41. The van der Waals surface area contributed by atoms with Gasteiger partial charge in [-0.15, -0.1) is 0 Å². The van der Waals surface area contributed by atoms with Crippen LogP contribution in [-0.4, -0.2) is 48.4 Å². The molecule has 0 aliphatic carbocycles. The van der Waals surface area contributed by atoms with E-state index in [9.17, 15) is 9.59 Å². The summed E-state index contributed by atoms with van der Waals surface area (Å²) in [7, 11) is 1.64. The summed E-state index contributed by atoms with van der Waals surface area (Å²) in [4.78, 5) is 24.0. The van der Waals surface area contributed by atoms with Crippen LogP contribution in [0, 0.1) is 6.92 Å². The van der Waals surface area contributed by atoms with Crippen LogP contribution >= 0.6 is 0 Å². The lowest BCUT2D eigenvalue weighted by molar-refractivity contribution is 0.134. The van der Waals surface area contributed by atoms with Gasteiger partial charge in [-0.1, -0.05) is 5.16 Å². The molecule has 0 bridgehead atoms. The smallest absolute Gasteiger partial charge is 0.410 e. The van der Waals surface area contributed by atoms with Gasteiger partial charge in [0.05, 0.1) is 18.8 Å². The molecule has 1 aliphatic rings. The van der Waals surface area contributed by atoms with Crippen molar-refractivity contribution in [3.8, 4) is 0 Å². The molecular formula is C10H14N4O4. The molecule has 0 aromatic carbocycles. The number of urea groups is 1. The average molecular weight is 254 g/mol. The minimum absolute atomic E-state index is 0.245. The average Bonchev–Trinajstić information content (AvgIpc) is 2.84. The highest BCUT2D eigenvalue weighted by molar-refractivity contribution is 5.87. The van der Waals surface area contributed by atoms with Crippen molar-refractivity contribution in [2.24, 2.45) is 0 Å². The minimum atomic E-state index is -0.434. The number of likely N-dealkylation sites (N-methyl/N-ethyl adjacent to an activating group) is 1. The van der Waals surface area contributed by atoms with Gasteiger partial charge in [0.2, 0.25) is 5.88 Å². The number of hydrogen-bond acceptors (Lipinski definition) is 5. The van der Waals surface area contributed by atoms with Gasteiger partial charge in [0.15, 0.2) is 0 Å². The quantitative estimate of drug-likeness (QED) is 0.821. The van der Waals surface area contributed by atoms with Gasteiger partial charge in [-0.25, -0.2) is 9.59 Å². The Morgan fingerprint density at radius 3 is 3.00 bits per heavy atom. The maximum Gasteiger partial charge on any atom is 0.410 e. The van der Waals surface area contributed by atoms with Crippen LogP contribution in [0.3, 0.4) is 0 Å². The van der Waals surface area contributed by atoms with Gasteiger partial charge in [-0.05, 0) is 6.92 Å². The van der Waals surface area contributed by atoms with Crippen LogP contribution in [0.5, 0.6) is 0 Å². The van der Waals surface area contributed by atoms with Crippen molar-refractivity contribution in [2.75, 3.05) is 25.5 Å². The van der Waals surface area contributed by atoms with E-state index < -0.39 is 6.03 Å². The maximum atomic E-state index is 11.5. The van der Waals surface area contributed by atoms with Crippen LogP contribution < -0.4 is 10.6 Å². The first-order chi connectivity index (χ1) is 8.54. The SMILES string of the molecule is Cc1cc(NC(=O)NC[C@@H]2CN(C)C(=O)O2)on1. The van der Waals surface area contributed by atoms with Gasteiger partial charge >= 0.3 is 12.1 Å². The van der Waals surface area contributed by atoms with Gasteiger partial charge < -0.3 is 19.5 Å². The van der Waals surface area contributed by atoms with Gasteiger partial charge in [-0.3, -0.25) is 5.32 Å². The molecule has 2 heterocycles. The molecule has 0 saturated carbocycles. The summed E-state index contributed by atoms with van der Waals surface area (Å²) in [5.41, 5.74) is 0.677. The number of rotatable bonds is 3. The number of carbonyl (C=O) groups is 2. The maximum absolute atomic E-state index is 11.5. The number of cyclic esters (lactones) is 1. The number of aryl methyl sites for hydroxylation is 1. The molecule has 8 heteroatoms. The molecule has 98 valence electrons. The minimum Gasteiger partial charge on any atom is -0.442 e. The molecule has 1 saturated heterocycles. The second kappa shape index (κ2) is 4.94. The second-order valence-electron chi connectivity index (χ2n) is 4.05. The third kappa shape index (κ3) is 2.90. The summed E-state index contributed by atoms with van der Waals surface area (Å²) in [6.07, 6.45) is -0.710. The van der Waals surface area contributed by atoms with Crippen LogP contribution in [0.2, 0.25) is 0 Å². The number of ether oxygens (including phenoxy) is 1. The third-order valence-corrected chi connectivity index (χ3v) is 2.41. The van der Waals surface area contributed by atoms with E-state index in [0.717, 1.165) is 0 Å². The molecule has 1 fully saturated rings. The van der Waals surface area contributed by atoms with Gasteiger partial charge in [0.1, 0.15) is 6.10 Å². The summed E-state index contributed by atoms with van der Waals surface area (Å²) in [5, 5.41) is 8.69. The highest BCUT2D eigenvalue weighted by Gasteiger charge is 2.28. The molecule has 18 heavy (non-hydrogen) atoms. The summed E-state index contributed by atoms with van der Waals surface area (Å²) in [5.74, 6) is 0.269. The van der Waals surface area contributed by atoms with E-state index in [1.165, 1.54) is 4.90 Å². The Kier molecular flexibility index (Phi) is 3.35. The number of hydrogen-bond donors (Lipinski definition) is 2.